The van der Waals surface area contributed by atoms with E-state index in [0.29, 0.717) is 5.95 Å². The summed E-state index contributed by atoms with van der Waals surface area (Å²) in [6.45, 7) is 3.37. The molecule has 0 radical (unpaired) electrons. The standard InChI is InChI=1S/C10H16FN3O2S/c1-4-17(15,16)7-8(2)14(3)10-12-5-9(11)6-13-10/h5-6,8H,4,7H2,1-3H3. The molecule has 1 aromatic heterocycles. The maximum Gasteiger partial charge on any atom is 0.225 e. The predicted octanol–water partition coefficient (Wildman–Crippen LogP) is 0.875. The minimum Gasteiger partial charge on any atom is -0.340 e. The Labute approximate surface area is 101 Å². The van der Waals surface area contributed by atoms with Gasteiger partial charge in [-0.15, -0.1) is 0 Å². The number of halogens is 1. The van der Waals surface area contributed by atoms with Gasteiger partial charge in [0.1, 0.15) is 0 Å². The van der Waals surface area contributed by atoms with E-state index >= 15 is 0 Å². The van der Waals surface area contributed by atoms with Crippen molar-refractivity contribution in [3.63, 3.8) is 0 Å². The van der Waals surface area contributed by atoms with Crippen LogP contribution in [0.15, 0.2) is 12.4 Å². The highest BCUT2D eigenvalue weighted by Gasteiger charge is 2.19. The summed E-state index contributed by atoms with van der Waals surface area (Å²) in [5.74, 6) is -0.0721. The highest BCUT2D eigenvalue weighted by molar-refractivity contribution is 7.91. The van der Waals surface area contributed by atoms with Crippen molar-refractivity contribution in [3.8, 4) is 0 Å². The number of hydrogen-bond donors (Lipinski definition) is 0. The molecule has 0 aliphatic rings. The van der Waals surface area contributed by atoms with Crippen LogP contribution in [0.2, 0.25) is 0 Å². The number of rotatable bonds is 5. The quantitative estimate of drug-likeness (QED) is 0.787. The number of hydrogen-bond acceptors (Lipinski definition) is 5. The van der Waals surface area contributed by atoms with Gasteiger partial charge in [0.2, 0.25) is 5.95 Å². The molecule has 0 saturated carbocycles. The van der Waals surface area contributed by atoms with Crippen molar-refractivity contribution in [3.05, 3.63) is 18.2 Å². The van der Waals surface area contributed by atoms with Crippen molar-refractivity contribution < 1.29 is 12.8 Å². The first-order chi connectivity index (χ1) is 7.85. The van der Waals surface area contributed by atoms with Crippen molar-refractivity contribution in [2.45, 2.75) is 19.9 Å². The summed E-state index contributed by atoms with van der Waals surface area (Å²) in [7, 11) is -1.37. The lowest BCUT2D eigenvalue weighted by atomic mass is 10.3. The summed E-state index contributed by atoms with van der Waals surface area (Å²) < 4.78 is 35.6. The van der Waals surface area contributed by atoms with Crippen molar-refractivity contribution in [1.82, 2.24) is 9.97 Å². The van der Waals surface area contributed by atoms with Crippen molar-refractivity contribution in [2.75, 3.05) is 23.5 Å². The van der Waals surface area contributed by atoms with Gasteiger partial charge in [-0.1, -0.05) is 6.92 Å². The van der Waals surface area contributed by atoms with Gasteiger partial charge in [-0.3, -0.25) is 0 Å². The molecule has 1 heterocycles. The molecule has 96 valence electrons. The topological polar surface area (TPSA) is 63.2 Å². The summed E-state index contributed by atoms with van der Waals surface area (Å²) in [6, 6.07) is -0.259. The van der Waals surface area contributed by atoms with Gasteiger partial charge >= 0.3 is 0 Å². The molecule has 0 saturated heterocycles. The maximum atomic E-state index is 12.6. The van der Waals surface area contributed by atoms with Gasteiger partial charge < -0.3 is 4.90 Å². The van der Waals surface area contributed by atoms with Crippen LogP contribution in [0.5, 0.6) is 0 Å². The summed E-state index contributed by atoms with van der Waals surface area (Å²) in [5.41, 5.74) is 0. The maximum absolute atomic E-state index is 12.6. The molecule has 0 N–H and O–H groups in total. The lowest BCUT2D eigenvalue weighted by molar-refractivity contribution is 0.585. The molecule has 1 rings (SSSR count). The first-order valence-electron chi connectivity index (χ1n) is 5.26. The van der Waals surface area contributed by atoms with Crippen LogP contribution in [0.3, 0.4) is 0 Å². The Hall–Kier alpha value is -1.24. The van der Waals surface area contributed by atoms with Crippen LogP contribution in [-0.2, 0) is 9.84 Å². The van der Waals surface area contributed by atoms with Gasteiger partial charge in [-0.05, 0) is 6.92 Å². The van der Waals surface area contributed by atoms with E-state index in [1.165, 1.54) is 0 Å². The molecule has 0 fully saturated rings. The highest BCUT2D eigenvalue weighted by Crippen LogP contribution is 2.10. The van der Waals surface area contributed by atoms with Crippen LogP contribution in [0, 0.1) is 5.82 Å². The van der Waals surface area contributed by atoms with E-state index in [9.17, 15) is 12.8 Å². The molecule has 0 amide bonds. The minimum absolute atomic E-state index is 0.0285. The third-order valence-corrected chi connectivity index (χ3v) is 4.39. The molecule has 0 bridgehead atoms. The van der Waals surface area contributed by atoms with Crippen LogP contribution in [0.1, 0.15) is 13.8 Å². The second-order valence-electron chi connectivity index (χ2n) is 3.86. The van der Waals surface area contributed by atoms with Crippen LogP contribution >= 0.6 is 0 Å². The normalized spacial score (nSPS) is 13.4. The zero-order chi connectivity index (χ0) is 13.1. The smallest absolute Gasteiger partial charge is 0.225 e. The fourth-order valence-electron chi connectivity index (χ4n) is 1.28. The zero-order valence-corrected chi connectivity index (χ0v) is 10.9. The molecular weight excluding hydrogens is 245 g/mol. The van der Waals surface area contributed by atoms with Gasteiger partial charge in [0.25, 0.3) is 0 Å². The fraction of sp³-hybridized carbons (Fsp3) is 0.600. The molecule has 0 spiro atoms. The Kier molecular flexibility index (Phi) is 4.39. The van der Waals surface area contributed by atoms with E-state index < -0.39 is 15.7 Å². The molecule has 1 atom stereocenters. The molecule has 17 heavy (non-hydrogen) atoms. The fourth-order valence-corrected chi connectivity index (χ4v) is 2.48. The van der Waals surface area contributed by atoms with Gasteiger partial charge in [-0.25, -0.2) is 22.8 Å². The van der Waals surface area contributed by atoms with E-state index in [1.807, 2.05) is 0 Å². The van der Waals surface area contributed by atoms with Crippen LogP contribution in [0.4, 0.5) is 10.3 Å². The second kappa shape index (κ2) is 5.39. The second-order valence-corrected chi connectivity index (χ2v) is 6.26. The van der Waals surface area contributed by atoms with E-state index in [0.717, 1.165) is 12.4 Å². The first-order valence-corrected chi connectivity index (χ1v) is 7.08. The summed E-state index contributed by atoms with van der Waals surface area (Å²) >= 11 is 0. The molecule has 1 aromatic rings. The lowest BCUT2D eigenvalue weighted by Gasteiger charge is -2.24. The van der Waals surface area contributed by atoms with Crippen molar-refractivity contribution in [2.24, 2.45) is 0 Å². The monoisotopic (exact) mass is 261 g/mol. The number of anilines is 1. The Morgan fingerprint density at radius 2 is 1.94 bits per heavy atom. The van der Waals surface area contributed by atoms with Crippen molar-refractivity contribution >= 4 is 15.8 Å². The highest BCUT2D eigenvalue weighted by atomic mass is 32.2. The summed E-state index contributed by atoms with van der Waals surface area (Å²) in [6.07, 6.45) is 2.11. The molecular formula is C10H16FN3O2S. The molecule has 0 aliphatic heterocycles. The van der Waals surface area contributed by atoms with E-state index in [-0.39, 0.29) is 17.5 Å². The third kappa shape index (κ3) is 3.92. The molecule has 1 unspecified atom stereocenters. The number of aromatic nitrogens is 2. The SMILES string of the molecule is CCS(=O)(=O)CC(C)N(C)c1ncc(F)cn1. The third-order valence-electron chi connectivity index (χ3n) is 2.52. The minimum atomic E-state index is -3.05. The van der Waals surface area contributed by atoms with E-state index in [2.05, 4.69) is 9.97 Å². The van der Waals surface area contributed by atoms with E-state index in [1.54, 1.807) is 25.8 Å². The van der Waals surface area contributed by atoms with E-state index in [4.69, 9.17) is 0 Å². The van der Waals surface area contributed by atoms with Crippen LogP contribution < -0.4 is 4.90 Å². The average molecular weight is 261 g/mol. The molecule has 0 aliphatic carbocycles. The number of nitrogens with zero attached hydrogens (tertiary/aromatic N) is 3. The lowest BCUT2D eigenvalue weighted by Crippen LogP contribution is -2.36. The Morgan fingerprint density at radius 3 is 2.41 bits per heavy atom. The van der Waals surface area contributed by atoms with Crippen LogP contribution in [0.25, 0.3) is 0 Å². The number of sulfone groups is 1. The summed E-state index contributed by atoms with van der Waals surface area (Å²) in [5, 5.41) is 0. The van der Waals surface area contributed by atoms with Gasteiger partial charge in [0.15, 0.2) is 15.7 Å². The Bertz CT molecular complexity index is 461. The van der Waals surface area contributed by atoms with Gasteiger partial charge in [0, 0.05) is 18.8 Å². The largest absolute Gasteiger partial charge is 0.340 e. The van der Waals surface area contributed by atoms with Crippen LogP contribution in [-0.4, -0.2) is 43.0 Å². The van der Waals surface area contributed by atoms with Gasteiger partial charge in [-0.2, -0.15) is 0 Å². The Morgan fingerprint density at radius 1 is 1.41 bits per heavy atom. The molecule has 0 aromatic carbocycles. The predicted molar refractivity (Wildman–Crippen MR) is 64.2 cm³/mol. The Balaban J connectivity index is 2.76. The summed E-state index contributed by atoms with van der Waals surface area (Å²) in [4.78, 5) is 9.22. The molecule has 5 nitrogen and oxygen atoms in total. The first kappa shape index (κ1) is 13.8. The van der Waals surface area contributed by atoms with Gasteiger partial charge in [0.05, 0.1) is 18.1 Å². The van der Waals surface area contributed by atoms with Crippen molar-refractivity contribution in [1.29, 1.82) is 0 Å². The average Bonchev–Trinajstić information content (AvgIpc) is 2.28. The molecule has 7 heteroatoms. The zero-order valence-electron chi connectivity index (χ0n) is 10.1.